The number of allylic oxidation sites excluding steroid dienone is 2. The van der Waals surface area contributed by atoms with Crippen LogP contribution in [0.2, 0.25) is 0 Å². The largest absolute Gasteiger partial charge is 0.481 e. The minimum absolute atomic E-state index is 0.112. The first-order valence-electron chi connectivity index (χ1n) is 8.53. The van der Waals surface area contributed by atoms with E-state index in [1.54, 1.807) is 12.1 Å². The second-order valence-electron chi connectivity index (χ2n) is 6.18. The van der Waals surface area contributed by atoms with Crippen molar-refractivity contribution in [2.45, 2.75) is 46.5 Å². The van der Waals surface area contributed by atoms with E-state index in [0.29, 0.717) is 12.5 Å². The number of hydrogen-bond acceptors (Lipinski definition) is 3. The number of carboxylic acids is 1. The molecular weight excluding hydrogens is 316 g/mol. The van der Waals surface area contributed by atoms with E-state index in [0.717, 1.165) is 24.8 Å². The van der Waals surface area contributed by atoms with Gasteiger partial charge in [-0.25, -0.2) is 4.79 Å². The second kappa shape index (κ2) is 14.0. The van der Waals surface area contributed by atoms with Gasteiger partial charge in [0.2, 0.25) is 0 Å². The highest BCUT2D eigenvalue weighted by molar-refractivity contribution is 5.81. The summed E-state index contributed by atoms with van der Waals surface area (Å²) in [6.07, 6.45) is 6.74. The van der Waals surface area contributed by atoms with Gasteiger partial charge in [-0.3, -0.25) is 4.79 Å². The molecule has 0 heterocycles. The lowest BCUT2D eigenvalue weighted by molar-refractivity contribution is -0.138. The standard InChI is InChI=1S/C13H22O2.C8H8O2/c1-5-13(14)15-10-9-12(4)8-6-7-11(2)3;9-8(10)6-7-4-2-1-3-5-7/h5,7,12H,1,6,8-10H2,2-4H3;1-5H,6H2,(H,9,10). The third kappa shape index (κ3) is 14.9. The Labute approximate surface area is 151 Å². The molecule has 0 spiro atoms. The van der Waals surface area contributed by atoms with Gasteiger partial charge >= 0.3 is 11.9 Å². The predicted molar refractivity (Wildman–Crippen MR) is 101 cm³/mol. The monoisotopic (exact) mass is 346 g/mol. The summed E-state index contributed by atoms with van der Waals surface area (Å²) in [5.41, 5.74) is 2.20. The summed E-state index contributed by atoms with van der Waals surface area (Å²) in [5.74, 6) is -0.518. The van der Waals surface area contributed by atoms with E-state index in [9.17, 15) is 9.59 Å². The SMILES string of the molecule is C=CC(=O)OCCC(C)CCC=C(C)C.O=C(O)Cc1ccccc1. The van der Waals surface area contributed by atoms with Gasteiger partial charge in [-0.2, -0.15) is 0 Å². The smallest absolute Gasteiger partial charge is 0.330 e. The third-order valence-corrected chi connectivity index (χ3v) is 3.43. The van der Waals surface area contributed by atoms with Crippen LogP contribution in [0.25, 0.3) is 0 Å². The Morgan fingerprint density at radius 1 is 1.20 bits per heavy atom. The van der Waals surface area contributed by atoms with E-state index >= 15 is 0 Å². The Morgan fingerprint density at radius 3 is 2.36 bits per heavy atom. The molecule has 1 atom stereocenters. The molecule has 138 valence electrons. The average Bonchev–Trinajstić information content (AvgIpc) is 2.55. The highest BCUT2D eigenvalue weighted by Crippen LogP contribution is 2.11. The van der Waals surface area contributed by atoms with E-state index in [4.69, 9.17) is 9.84 Å². The molecule has 0 fully saturated rings. The Bertz CT molecular complexity index is 542. The molecule has 0 aliphatic heterocycles. The van der Waals surface area contributed by atoms with E-state index in [1.165, 1.54) is 11.6 Å². The van der Waals surface area contributed by atoms with Gasteiger partial charge in [0.05, 0.1) is 13.0 Å². The topological polar surface area (TPSA) is 63.6 Å². The molecule has 0 saturated heterocycles. The maximum absolute atomic E-state index is 10.7. The van der Waals surface area contributed by atoms with Gasteiger partial charge in [0.25, 0.3) is 0 Å². The summed E-state index contributed by atoms with van der Waals surface area (Å²) >= 11 is 0. The molecule has 1 unspecified atom stereocenters. The number of rotatable bonds is 9. The highest BCUT2D eigenvalue weighted by atomic mass is 16.5. The molecule has 0 aliphatic carbocycles. The Morgan fingerprint density at radius 2 is 1.84 bits per heavy atom. The van der Waals surface area contributed by atoms with E-state index in [-0.39, 0.29) is 12.4 Å². The summed E-state index contributed by atoms with van der Waals surface area (Å²) in [5, 5.41) is 8.37. The molecule has 0 aromatic heterocycles. The lowest BCUT2D eigenvalue weighted by Crippen LogP contribution is -2.06. The number of esters is 1. The summed E-state index contributed by atoms with van der Waals surface area (Å²) in [6.45, 7) is 10.2. The molecule has 0 radical (unpaired) electrons. The van der Waals surface area contributed by atoms with E-state index in [2.05, 4.69) is 33.4 Å². The van der Waals surface area contributed by atoms with Crippen molar-refractivity contribution in [1.29, 1.82) is 0 Å². The minimum Gasteiger partial charge on any atom is -0.481 e. The molecule has 0 bridgehead atoms. The van der Waals surface area contributed by atoms with Gasteiger partial charge < -0.3 is 9.84 Å². The quantitative estimate of drug-likeness (QED) is 0.396. The van der Waals surface area contributed by atoms with E-state index < -0.39 is 5.97 Å². The first-order chi connectivity index (χ1) is 11.8. The van der Waals surface area contributed by atoms with Gasteiger partial charge in [0.15, 0.2) is 0 Å². The van der Waals surface area contributed by atoms with E-state index in [1.807, 2.05) is 18.2 Å². The molecule has 0 aliphatic rings. The first kappa shape index (κ1) is 22.6. The van der Waals surface area contributed by atoms with Crippen LogP contribution in [0.15, 0.2) is 54.6 Å². The molecule has 1 N–H and O–H groups in total. The predicted octanol–water partition coefficient (Wildman–Crippen LogP) is 4.80. The maximum atomic E-state index is 10.7. The van der Waals surface area contributed by atoms with Crippen LogP contribution in [0.5, 0.6) is 0 Å². The molecule has 4 heteroatoms. The zero-order chi connectivity index (χ0) is 19.1. The van der Waals surface area contributed by atoms with Crippen LogP contribution in [-0.2, 0) is 20.7 Å². The van der Waals surface area contributed by atoms with Crippen molar-refractivity contribution in [2.75, 3.05) is 6.61 Å². The highest BCUT2D eigenvalue weighted by Gasteiger charge is 2.02. The molecule has 0 saturated carbocycles. The van der Waals surface area contributed by atoms with Crippen molar-refractivity contribution in [3.05, 3.63) is 60.2 Å². The third-order valence-electron chi connectivity index (χ3n) is 3.43. The first-order valence-corrected chi connectivity index (χ1v) is 8.53. The molecule has 1 aromatic carbocycles. The zero-order valence-corrected chi connectivity index (χ0v) is 15.5. The van der Waals surface area contributed by atoms with Crippen molar-refractivity contribution < 1.29 is 19.4 Å². The van der Waals surface area contributed by atoms with Gasteiger partial charge in [-0.15, -0.1) is 0 Å². The summed E-state index contributed by atoms with van der Waals surface area (Å²) in [6, 6.07) is 9.13. The molecule has 1 rings (SSSR count). The van der Waals surface area contributed by atoms with Gasteiger partial charge in [0, 0.05) is 6.08 Å². The van der Waals surface area contributed by atoms with Crippen LogP contribution in [0.1, 0.15) is 45.6 Å². The maximum Gasteiger partial charge on any atom is 0.330 e. The Kier molecular flexibility index (Phi) is 12.7. The Hall–Kier alpha value is -2.36. The van der Waals surface area contributed by atoms with Gasteiger partial charge in [0.1, 0.15) is 0 Å². The van der Waals surface area contributed by atoms with Crippen LogP contribution < -0.4 is 0 Å². The normalized spacial score (nSPS) is 10.7. The molecule has 0 amide bonds. The number of hydrogen-bond donors (Lipinski definition) is 1. The fourth-order valence-corrected chi connectivity index (χ4v) is 1.99. The van der Waals surface area contributed by atoms with Crippen LogP contribution in [0.4, 0.5) is 0 Å². The summed E-state index contributed by atoms with van der Waals surface area (Å²) < 4.78 is 4.92. The lowest BCUT2D eigenvalue weighted by Gasteiger charge is -2.09. The van der Waals surface area contributed by atoms with Crippen molar-refractivity contribution >= 4 is 11.9 Å². The van der Waals surface area contributed by atoms with Crippen LogP contribution >= 0.6 is 0 Å². The number of carbonyl (C=O) groups is 2. The molecule has 1 aromatic rings. The molecule has 4 nitrogen and oxygen atoms in total. The zero-order valence-electron chi connectivity index (χ0n) is 15.5. The molecular formula is C21H30O4. The Balaban J connectivity index is 0.000000496. The number of carboxylic acid groups (broad SMARTS) is 1. The average molecular weight is 346 g/mol. The number of ether oxygens (including phenoxy) is 1. The minimum atomic E-state index is -0.786. The number of carbonyl (C=O) groups excluding carboxylic acids is 1. The number of aliphatic carboxylic acids is 1. The van der Waals surface area contributed by atoms with Gasteiger partial charge in [-0.1, -0.05) is 55.5 Å². The van der Waals surface area contributed by atoms with Gasteiger partial charge in [-0.05, 0) is 44.6 Å². The number of benzene rings is 1. The van der Waals surface area contributed by atoms with Crippen molar-refractivity contribution in [2.24, 2.45) is 5.92 Å². The van der Waals surface area contributed by atoms with Crippen molar-refractivity contribution in [3.63, 3.8) is 0 Å². The summed E-state index contributed by atoms with van der Waals surface area (Å²) in [7, 11) is 0. The van der Waals surface area contributed by atoms with Crippen LogP contribution in [0, 0.1) is 5.92 Å². The lowest BCUT2D eigenvalue weighted by atomic mass is 10.0. The fraction of sp³-hybridized carbons (Fsp3) is 0.429. The van der Waals surface area contributed by atoms with Crippen LogP contribution in [0.3, 0.4) is 0 Å². The van der Waals surface area contributed by atoms with Crippen molar-refractivity contribution in [3.8, 4) is 0 Å². The van der Waals surface area contributed by atoms with Crippen molar-refractivity contribution in [1.82, 2.24) is 0 Å². The van der Waals surface area contributed by atoms with Crippen LogP contribution in [-0.4, -0.2) is 23.7 Å². The molecule has 25 heavy (non-hydrogen) atoms. The summed E-state index contributed by atoms with van der Waals surface area (Å²) in [4.78, 5) is 20.9. The fourth-order valence-electron chi connectivity index (χ4n) is 1.99. The second-order valence-corrected chi connectivity index (χ2v) is 6.18.